The molecule has 0 saturated heterocycles. The van der Waals surface area contributed by atoms with Gasteiger partial charge in [-0.1, -0.05) is 18.2 Å². The van der Waals surface area contributed by atoms with Gasteiger partial charge in [0, 0.05) is 17.8 Å². The van der Waals surface area contributed by atoms with E-state index < -0.39 is 0 Å². The van der Waals surface area contributed by atoms with E-state index in [0.717, 1.165) is 12.0 Å². The van der Waals surface area contributed by atoms with Crippen molar-refractivity contribution in [2.75, 3.05) is 20.6 Å². The number of rotatable bonds is 7. The van der Waals surface area contributed by atoms with Crippen molar-refractivity contribution in [2.45, 2.75) is 18.9 Å². The third kappa shape index (κ3) is 4.93. The molecule has 1 amide bonds. The summed E-state index contributed by atoms with van der Waals surface area (Å²) in [6.45, 7) is 0.472. The minimum absolute atomic E-state index is 0.0247. The minimum atomic E-state index is -0.256. The molecule has 1 aromatic heterocycles. The average molecular weight is 320 g/mol. The largest absolute Gasteiger partial charge is 0.354 e. The van der Waals surface area contributed by atoms with E-state index in [4.69, 9.17) is 0 Å². The van der Waals surface area contributed by atoms with E-state index >= 15 is 0 Å². The summed E-state index contributed by atoms with van der Waals surface area (Å²) in [7, 11) is 3.85. The third-order valence-electron chi connectivity index (χ3n) is 3.53. The van der Waals surface area contributed by atoms with E-state index in [-0.39, 0.29) is 17.8 Å². The Morgan fingerprint density at radius 1 is 1.32 bits per heavy atom. The molecule has 1 N–H and O–H groups in total. The van der Waals surface area contributed by atoms with Crippen LogP contribution in [0.15, 0.2) is 41.8 Å². The zero-order valence-electron chi connectivity index (χ0n) is 12.9. The molecule has 5 heteroatoms. The lowest BCUT2D eigenvalue weighted by molar-refractivity contribution is -0.121. The molecule has 22 heavy (non-hydrogen) atoms. The van der Waals surface area contributed by atoms with Crippen LogP contribution in [0.4, 0.5) is 4.39 Å². The predicted molar refractivity (Wildman–Crippen MR) is 88.5 cm³/mol. The van der Waals surface area contributed by atoms with Crippen molar-refractivity contribution in [3.05, 3.63) is 58.0 Å². The second kappa shape index (κ2) is 8.06. The van der Waals surface area contributed by atoms with Crippen LogP contribution in [-0.2, 0) is 11.2 Å². The van der Waals surface area contributed by atoms with Crippen LogP contribution in [0.5, 0.6) is 0 Å². The monoisotopic (exact) mass is 320 g/mol. The molecule has 0 aliphatic heterocycles. The zero-order valence-corrected chi connectivity index (χ0v) is 13.7. The summed E-state index contributed by atoms with van der Waals surface area (Å²) in [4.78, 5) is 15.2. The number of nitrogens with one attached hydrogen (secondary N) is 1. The lowest BCUT2D eigenvalue weighted by Crippen LogP contribution is -2.34. The van der Waals surface area contributed by atoms with Gasteiger partial charge in [0.15, 0.2) is 0 Å². The molecule has 0 spiro atoms. The van der Waals surface area contributed by atoms with E-state index in [1.54, 1.807) is 17.4 Å². The first kappa shape index (κ1) is 16.6. The van der Waals surface area contributed by atoms with Gasteiger partial charge in [-0.25, -0.2) is 4.39 Å². The Morgan fingerprint density at radius 3 is 2.77 bits per heavy atom. The fraction of sp³-hybridized carbons (Fsp3) is 0.353. The summed E-state index contributed by atoms with van der Waals surface area (Å²) in [5.41, 5.74) is 0.864. The number of carbonyl (C=O) groups is 1. The fourth-order valence-corrected chi connectivity index (χ4v) is 3.01. The highest BCUT2D eigenvalue weighted by Crippen LogP contribution is 2.18. The number of thiophene rings is 1. The first-order valence-electron chi connectivity index (χ1n) is 7.27. The molecule has 0 radical (unpaired) electrons. The second-order valence-corrected chi connectivity index (χ2v) is 6.45. The lowest BCUT2D eigenvalue weighted by Gasteiger charge is -2.25. The summed E-state index contributed by atoms with van der Waals surface area (Å²) in [6, 6.07) is 10.5. The summed E-state index contributed by atoms with van der Waals surface area (Å²) in [5, 5.41) is 4.96. The van der Waals surface area contributed by atoms with Gasteiger partial charge in [0.1, 0.15) is 5.82 Å². The van der Waals surface area contributed by atoms with Crippen molar-refractivity contribution in [1.29, 1.82) is 0 Å². The maximum absolute atomic E-state index is 13.4. The predicted octanol–water partition coefficient (Wildman–Crippen LogP) is 3.24. The zero-order chi connectivity index (χ0) is 15.9. The maximum Gasteiger partial charge on any atom is 0.220 e. The molecule has 0 aliphatic rings. The number of benzene rings is 1. The fourth-order valence-electron chi connectivity index (χ4n) is 2.30. The molecule has 1 heterocycles. The Hall–Kier alpha value is -1.72. The maximum atomic E-state index is 13.4. The third-order valence-corrected chi connectivity index (χ3v) is 4.46. The molecule has 3 nitrogen and oxygen atoms in total. The molecule has 2 rings (SSSR count). The van der Waals surface area contributed by atoms with E-state index in [9.17, 15) is 9.18 Å². The first-order valence-corrected chi connectivity index (χ1v) is 8.15. The molecular formula is C17H21FN2OS. The number of likely N-dealkylation sites (N-methyl/N-ethyl adjacent to an activating group) is 1. The van der Waals surface area contributed by atoms with Crippen molar-refractivity contribution in [2.24, 2.45) is 0 Å². The number of hydrogen-bond acceptors (Lipinski definition) is 3. The number of aryl methyl sites for hydroxylation is 1. The van der Waals surface area contributed by atoms with Crippen LogP contribution in [0.3, 0.4) is 0 Å². The highest BCUT2D eigenvalue weighted by atomic mass is 32.1. The number of hydrogen-bond donors (Lipinski definition) is 1. The van der Waals surface area contributed by atoms with E-state index in [1.165, 1.54) is 17.0 Å². The van der Waals surface area contributed by atoms with Crippen LogP contribution in [-0.4, -0.2) is 31.4 Å². The average Bonchev–Trinajstić information content (AvgIpc) is 2.98. The van der Waals surface area contributed by atoms with Gasteiger partial charge in [0.25, 0.3) is 0 Å². The summed E-state index contributed by atoms with van der Waals surface area (Å²) < 4.78 is 13.4. The van der Waals surface area contributed by atoms with E-state index in [1.807, 2.05) is 42.6 Å². The number of nitrogens with zero attached hydrogens (tertiary/aromatic N) is 1. The second-order valence-electron chi connectivity index (χ2n) is 5.42. The van der Waals surface area contributed by atoms with E-state index in [2.05, 4.69) is 5.32 Å². The number of amides is 1. The first-order chi connectivity index (χ1) is 10.6. The van der Waals surface area contributed by atoms with Gasteiger partial charge in [-0.15, -0.1) is 11.3 Å². The Balaban J connectivity index is 1.87. The molecule has 2 aromatic rings. The summed E-state index contributed by atoms with van der Waals surface area (Å²) in [6.07, 6.45) is 1.24. The van der Waals surface area contributed by atoms with Gasteiger partial charge < -0.3 is 10.2 Å². The van der Waals surface area contributed by atoms with Crippen LogP contribution in [0.1, 0.15) is 22.9 Å². The summed E-state index contributed by atoms with van der Waals surface area (Å²) >= 11 is 1.66. The SMILES string of the molecule is CN(C)C(CNC(=O)CCc1cccs1)c1cccc(F)c1. The van der Waals surface area contributed by atoms with Crippen LogP contribution in [0.2, 0.25) is 0 Å². The van der Waals surface area contributed by atoms with Gasteiger partial charge in [0.05, 0.1) is 6.04 Å². The van der Waals surface area contributed by atoms with Gasteiger partial charge in [-0.05, 0) is 49.7 Å². The molecule has 1 unspecified atom stereocenters. The van der Waals surface area contributed by atoms with Crippen LogP contribution in [0.25, 0.3) is 0 Å². The van der Waals surface area contributed by atoms with Crippen molar-refractivity contribution in [3.63, 3.8) is 0 Å². The molecule has 0 bridgehead atoms. The van der Waals surface area contributed by atoms with Crippen molar-refractivity contribution >= 4 is 17.2 Å². The smallest absolute Gasteiger partial charge is 0.220 e. The Kier molecular flexibility index (Phi) is 6.10. The van der Waals surface area contributed by atoms with Crippen LogP contribution < -0.4 is 5.32 Å². The van der Waals surface area contributed by atoms with Gasteiger partial charge in [0.2, 0.25) is 5.91 Å². The van der Waals surface area contributed by atoms with E-state index in [0.29, 0.717) is 13.0 Å². The molecule has 0 fully saturated rings. The van der Waals surface area contributed by atoms with Crippen molar-refractivity contribution < 1.29 is 9.18 Å². The number of halogens is 1. The Labute approximate surface area is 134 Å². The molecule has 0 saturated carbocycles. The summed E-state index contributed by atoms with van der Waals surface area (Å²) in [5.74, 6) is -0.231. The topological polar surface area (TPSA) is 32.3 Å². The quantitative estimate of drug-likeness (QED) is 0.849. The molecule has 0 aliphatic carbocycles. The standard InChI is InChI=1S/C17H21FN2OS/c1-20(2)16(13-5-3-6-14(18)11-13)12-19-17(21)9-8-15-7-4-10-22-15/h3-7,10-11,16H,8-9,12H2,1-2H3,(H,19,21). The highest BCUT2D eigenvalue weighted by Gasteiger charge is 2.15. The molecule has 118 valence electrons. The highest BCUT2D eigenvalue weighted by molar-refractivity contribution is 7.09. The lowest BCUT2D eigenvalue weighted by atomic mass is 10.1. The Morgan fingerprint density at radius 2 is 2.14 bits per heavy atom. The minimum Gasteiger partial charge on any atom is -0.354 e. The van der Waals surface area contributed by atoms with Gasteiger partial charge in [-0.3, -0.25) is 4.79 Å². The van der Waals surface area contributed by atoms with Crippen LogP contribution in [0, 0.1) is 5.82 Å². The van der Waals surface area contributed by atoms with Gasteiger partial charge in [-0.2, -0.15) is 0 Å². The Bertz CT molecular complexity index is 598. The van der Waals surface area contributed by atoms with Crippen LogP contribution >= 0.6 is 11.3 Å². The van der Waals surface area contributed by atoms with Crippen molar-refractivity contribution in [3.8, 4) is 0 Å². The molecule has 1 aromatic carbocycles. The molecular weight excluding hydrogens is 299 g/mol. The number of carbonyl (C=O) groups excluding carboxylic acids is 1. The van der Waals surface area contributed by atoms with Crippen molar-refractivity contribution in [1.82, 2.24) is 10.2 Å². The normalized spacial score (nSPS) is 12.4. The van der Waals surface area contributed by atoms with Gasteiger partial charge >= 0.3 is 0 Å². The molecule has 1 atom stereocenters.